The second-order valence-electron chi connectivity index (χ2n) is 7.85. The monoisotopic (exact) mass is 285 g/mol. The van der Waals surface area contributed by atoms with Gasteiger partial charge in [-0.15, -0.1) is 0 Å². The Hall–Kier alpha value is -1.02. The van der Waals surface area contributed by atoms with E-state index in [1.165, 1.54) is 56.1 Å². The Morgan fingerprint density at radius 3 is 2.57 bits per heavy atom. The molecule has 21 heavy (non-hydrogen) atoms. The molecule has 0 saturated heterocycles. The summed E-state index contributed by atoms with van der Waals surface area (Å²) in [6, 6.07) is 7.49. The summed E-state index contributed by atoms with van der Waals surface area (Å²) in [7, 11) is 1.81. The van der Waals surface area contributed by atoms with E-state index in [-0.39, 0.29) is 0 Å². The third kappa shape index (κ3) is 2.28. The minimum Gasteiger partial charge on any atom is -0.496 e. The summed E-state index contributed by atoms with van der Waals surface area (Å²) < 4.78 is 5.70. The van der Waals surface area contributed by atoms with E-state index < -0.39 is 0 Å². The minimum absolute atomic E-state index is 0.320. The molecule has 4 rings (SSSR count). The van der Waals surface area contributed by atoms with Gasteiger partial charge >= 0.3 is 0 Å². The Morgan fingerprint density at radius 2 is 2.00 bits per heavy atom. The van der Waals surface area contributed by atoms with Gasteiger partial charge in [-0.2, -0.15) is 0 Å². The molecule has 0 unspecified atom stereocenters. The molecule has 3 aliphatic carbocycles. The maximum atomic E-state index is 5.70. The van der Waals surface area contributed by atoms with E-state index in [1.54, 1.807) is 0 Å². The molecule has 3 saturated carbocycles. The van der Waals surface area contributed by atoms with Crippen molar-refractivity contribution in [1.82, 2.24) is 5.32 Å². The quantitative estimate of drug-likeness (QED) is 0.884. The fourth-order valence-corrected chi connectivity index (χ4v) is 4.69. The van der Waals surface area contributed by atoms with Crippen LogP contribution in [0.4, 0.5) is 0 Å². The average molecular weight is 285 g/mol. The summed E-state index contributed by atoms with van der Waals surface area (Å²) >= 11 is 0. The van der Waals surface area contributed by atoms with Crippen LogP contribution in [0, 0.1) is 12.3 Å². The second kappa shape index (κ2) is 4.74. The lowest BCUT2D eigenvalue weighted by Crippen LogP contribution is -2.57. The van der Waals surface area contributed by atoms with Crippen molar-refractivity contribution in [3.8, 4) is 5.75 Å². The van der Waals surface area contributed by atoms with Gasteiger partial charge in [-0.3, -0.25) is 0 Å². The van der Waals surface area contributed by atoms with E-state index in [0.29, 0.717) is 10.8 Å². The number of ether oxygens (including phenoxy) is 1. The number of hydrogen-bond acceptors (Lipinski definition) is 2. The normalized spacial score (nSPS) is 25.2. The highest BCUT2D eigenvalue weighted by molar-refractivity contribution is 5.45. The van der Waals surface area contributed by atoms with Crippen LogP contribution >= 0.6 is 0 Å². The number of benzene rings is 1. The Morgan fingerprint density at radius 1 is 1.24 bits per heavy atom. The van der Waals surface area contributed by atoms with Crippen molar-refractivity contribution in [3.05, 3.63) is 29.3 Å². The summed E-state index contributed by atoms with van der Waals surface area (Å²) in [4.78, 5) is 0. The Kier molecular flexibility index (Phi) is 3.08. The van der Waals surface area contributed by atoms with Gasteiger partial charge in [0.1, 0.15) is 5.75 Å². The zero-order chi connectivity index (χ0) is 14.5. The van der Waals surface area contributed by atoms with Crippen molar-refractivity contribution in [2.45, 2.75) is 63.3 Å². The molecule has 1 aromatic rings. The predicted molar refractivity (Wildman–Crippen MR) is 86.0 cm³/mol. The fraction of sp³-hybridized carbons (Fsp3) is 0.684. The molecule has 0 bridgehead atoms. The number of hydrogen-bond donors (Lipinski definition) is 1. The summed E-state index contributed by atoms with van der Waals surface area (Å²) in [5, 5.41) is 3.80. The van der Waals surface area contributed by atoms with Crippen molar-refractivity contribution in [2.24, 2.45) is 5.41 Å². The van der Waals surface area contributed by atoms with E-state index >= 15 is 0 Å². The molecule has 114 valence electrons. The first-order valence-electron chi connectivity index (χ1n) is 8.53. The van der Waals surface area contributed by atoms with E-state index in [0.717, 1.165) is 18.3 Å². The van der Waals surface area contributed by atoms with Crippen LogP contribution in [0.2, 0.25) is 0 Å². The molecule has 1 N–H and O–H groups in total. The van der Waals surface area contributed by atoms with E-state index in [4.69, 9.17) is 4.74 Å². The first kappa shape index (κ1) is 13.6. The van der Waals surface area contributed by atoms with Gasteiger partial charge in [-0.1, -0.05) is 24.1 Å². The van der Waals surface area contributed by atoms with Crippen LogP contribution in [-0.4, -0.2) is 19.7 Å². The number of rotatable bonds is 5. The molecule has 0 amide bonds. The van der Waals surface area contributed by atoms with Gasteiger partial charge < -0.3 is 10.1 Å². The standard InChI is InChI=1S/C19H27NO/c1-14-4-7-17(21-2)16(10-14)19(13-20-15-5-6-15)11-18(12-19)8-3-9-18/h4,7,10,15,20H,3,5-6,8-9,11-13H2,1-2H3. The molecule has 0 aromatic heterocycles. The van der Waals surface area contributed by atoms with Crippen molar-refractivity contribution < 1.29 is 4.74 Å². The highest BCUT2D eigenvalue weighted by Crippen LogP contribution is 2.65. The molecular formula is C19H27NO. The molecule has 0 heterocycles. The minimum atomic E-state index is 0.320. The van der Waals surface area contributed by atoms with Crippen LogP contribution in [0.1, 0.15) is 56.1 Å². The average Bonchev–Trinajstić information content (AvgIpc) is 3.20. The topological polar surface area (TPSA) is 21.3 Å². The zero-order valence-electron chi connectivity index (χ0n) is 13.4. The summed E-state index contributed by atoms with van der Waals surface area (Å²) in [6.45, 7) is 3.34. The maximum absolute atomic E-state index is 5.70. The largest absolute Gasteiger partial charge is 0.496 e. The van der Waals surface area contributed by atoms with Gasteiger partial charge in [0.15, 0.2) is 0 Å². The smallest absolute Gasteiger partial charge is 0.122 e. The second-order valence-corrected chi connectivity index (χ2v) is 7.85. The Bertz CT molecular complexity index is 534. The van der Waals surface area contributed by atoms with Gasteiger partial charge in [0.05, 0.1) is 7.11 Å². The van der Waals surface area contributed by atoms with Gasteiger partial charge in [0, 0.05) is 23.6 Å². The van der Waals surface area contributed by atoms with Crippen LogP contribution in [0.3, 0.4) is 0 Å². The fourth-order valence-electron chi connectivity index (χ4n) is 4.69. The Balaban J connectivity index is 1.63. The highest BCUT2D eigenvalue weighted by Gasteiger charge is 2.58. The van der Waals surface area contributed by atoms with Crippen LogP contribution in [0.25, 0.3) is 0 Å². The molecule has 1 aromatic carbocycles. The van der Waals surface area contributed by atoms with Gasteiger partial charge in [0.2, 0.25) is 0 Å². The van der Waals surface area contributed by atoms with Gasteiger partial charge in [0.25, 0.3) is 0 Å². The molecule has 0 atom stereocenters. The molecule has 1 spiro atoms. The predicted octanol–water partition coefficient (Wildman–Crippen LogP) is 3.96. The summed E-state index contributed by atoms with van der Waals surface area (Å²) in [6.07, 6.45) is 9.80. The van der Waals surface area contributed by atoms with E-state index in [9.17, 15) is 0 Å². The number of methoxy groups -OCH3 is 1. The van der Waals surface area contributed by atoms with E-state index in [2.05, 4.69) is 30.4 Å². The lowest BCUT2D eigenvalue weighted by molar-refractivity contribution is -0.0492. The van der Waals surface area contributed by atoms with Crippen molar-refractivity contribution in [3.63, 3.8) is 0 Å². The summed E-state index contributed by atoms with van der Waals surface area (Å²) in [5.41, 5.74) is 3.81. The molecule has 2 heteroatoms. The highest BCUT2D eigenvalue weighted by atomic mass is 16.5. The lowest BCUT2D eigenvalue weighted by Gasteiger charge is -2.62. The van der Waals surface area contributed by atoms with Crippen LogP contribution < -0.4 is 10.1 Å². The van der Waals surface area contributed by atoms with Gasteiger partial charge in [-0.05, 0) is 56.9 Å². The molecule has 3 aliphatic rings. The first-order valence-corrected chi connectivity index (χ1v) is 8.53. The molecular weight excluding hydrogens is 258 g/mol. The third-order valence-corrected chi connectivity index (χ3v) is 6.07. The molecule has 3 fully saturated rings. The van der Waals surface area contributed by atoms with Crippen LogP contribution in [0.5, 0.6) is 5.75 Å². The Labute approximate surface area is 128 Å². The number of aryl methyl sites for hydroxylation is 1. The van der Waals surface area contributed by atoms with Crippen molar-refractivity contribution in [2.75, 3.05) is 13.7 Å². The van der Waals surface area contributed by atoms with Crippen LogP contribution in [-0.2, 0) is 5.41 Å². The molecule has 0 radical (unpaired) electrons. The SMILES string of the molecule is COc1ccc(C)cc1C1(CNC2CC2)CC2(CCC2)C1. The van der Waals surface area contributed by atoms with Crippen molar-refractivity contribution >= 4 is 0 Å². The van der Waals surface area contributed by atoms with Crippen molar-refractivity contribution in [1.29, 1.82) is 0 Å². The first-order chi connectivity index (χ1) is 10.1. The molecule has 2 nitrogen and oxygen atoms in total. The molecule has 0 aliphatic heterocycles. The maximum Gasteiger partial charge on any atom is 0.122 e. The van der Waals surface area contributed by atoms with E-state index in [1.807, 2.05) is 7.11 Å². The summed E-state index contributed by atoms with van der Waals surface area (Å²) in [5.74, 6) is 1.09. The number of nitrogens with one attached hydrogen (secondary N) is 1. The lowest BCUT2D eigenvalue weighted by atomic mass is 9.43. The third-order valence-electron chi connectivity index (χ3n) is 6.07. The zero-order valence-corrected chi connectivity index (χ0v) is 13.4. The van der Waals surface area contributed by atoms with Crippen LogP contribution in [0.15, 0.2) is 18.2 Å². The van der Waals surface area contributed by atoms with Gasteiger partial charge in [-0.25, -0.2) is 0 Å².